The molecule has 0 saturated carbocycles. The first-order valence-electron chi connectivity index (χ1n) is 5.27. The molecule has 2 fully saturated rings. The van der Waals surface area contributed by atoms with Gasteiger partial charge in [0.15, 0.2) is 0 Å². The average molecular weight is 222 g/mol. The van der Waals surface area contributed by atoms with Crippen LogP contribution in [0, 0.1) is 0 Å². The van der Waals surface area contributed by atoms with Crippen molar-refractivity contribution >= 4 is 23.3 Å². The number of benzene rings is 1. The zero-order chi connectivity index (χ0) is 10.1. The summed E-state index contributed by atoms with van der Waals surface area (Å²) in [5.41, 5.74) is 2.63. The highest BCUT2D eigenvalue weighted by Crippen LogP contribution is 2.36. The lowest BCUT2D eigenvalue weighted by atomic mass is 10.2. The summed E-state index contributed by atoms with van der Waals surface area (Å²) in [5, 5.41) is 0. The van der Waals surface area contributed by atoms with E-state index in [1.54, 1.807) is 0 Å². The van der Waals surface area contributed by atoms with Gasteiger partial charge in [0.25, 0.3) is 0 Å². The molecular formula is C11H14N2OS. The molecule has 0 aliphatic carbocycles. The Kier molecular flexibility index (Phi) is 2.46. The summed E-state index contributed by atoms with van der Waals surface area (Å²) in [4.78, 5) is 2.38. The fourth-order valence-corrected chi connectivity index (χ4v) is 2.31. The molecule has 3 rings (SSSR count). The number of hydrogen-bond donors (Lipinski definition) is 0. The maximum absolute atomic E-state index is 5.34. The van der Waals surface area contributed by atoms with Gasteiger partial charge in [0.1, 0.15) is 0 Å². The molecule has 0 radical (unpaired) electrons. The van der Waals surface area contributed by atoms with E-state index in [2.05, 4.69) is 33.5 Å². The highest BCUT2D eigenvalue weighted by Gasteiger charge is 2.19. The van der Waals surface area contributed by atoms with Crippen molar-refractivity contribution in [1.82, 2.24) is 0 Å². The van der Waals surface area contributed by atoms with E-state index >= 15 is 0 Å². The van der Waals surface area contributed by atoms with Gasteiger partial charge in [0, 0.05) is 24.5 Å². The van der Waals surface area contributed by atoms with Crippen LogP contribution in [0.2, 0.25) is 0 Å². The molecule has 1 aromatic carbocycles. The van der Waals surface area contributed by atoms with Crippen molar-refractivity contribution in [2.24, 2.45) is 0 Å². The van der Waals surface area contributed by atoms with Gasteiger partial charge in [-0.1, -0.05) is 0 Å². The van der Waals surface area contributed by atoms with Crippen LogP contribution in [0.3, 0.4) is 0 Å². The molecule has 2 aliphatic heterocycles. The van der Waals surface area contributed by atoms with Crippen LogP contribution >= 0.6 is 11.9 Å². The van der Waals surface area contributed by atoms with E-state index in [0.717, 1.165) is 32.2 Å². The van der Waals surface area contributed by atoms with Crippen LogP contribution in [0.4, 0.5) is 11.4 Å². The molecule has 4 heteroatoms. The number of nitrogens with zero attached hydrogens (tertiary/aromatic N) is 2. The highest BCUT2D eigenvalue weighted by atomic mass is 32.2. The minimum atomic E-state index is 0.851. The standard InChI is InChI=1S/C11H14N2OS/c1-3-11(13-9-15-13)4-2-10(1)12-5-7-14-8-6-12/h1-4H,5-9H2. The van der Waals surface area contributed by atoms with Crippen LogP contribution in [0.15, 0.2) is 24.3 Å². The second kappa shape index (κ2) is 3.94. The summed E-state index contributed by atoms with van der Waals surface area (Å²) in [6, 6.07) is 8.81. The van der Waals surface area contributed by atoms with Gasteiger partial charge in [0.05, 0.1) is 19.1 Å². The van der Waals surface area contributed by atoms with Crippen LogP contribution < -0.4 is 9.21 Å². The number of hydrogen-bond acceptors (Lipinski definition) is 4. The molecule has 1 aromatic rings. The SMILES string of the molecule is c1cc(N2CS2)ccc1N1CCOCC1. The molecule has 0 amide bonds. The molecule has 2 aliphatic rings. The molecule has 15 heavy (non-hydrogen) atoms. The number of ether oxygens (including phenoxy) is 1. The van der Waals surface area contributed by atoms with Crippen molar-refractivity contribution in [2.75, 3.05) is 41.4 Å². The van der Waals surface area contributed by atoms with Gasteiger partial charge in [-0.05, 0) is 36.2 Å². The topological polar surface area (TPSA) is 15.5 Å². The Bertz CT molecular complexity index is 331. The molecule has 2 saturated heterocycles. The highest BCUT2D eigenvalue weighted by molar-refractivity contribution is 8.07. The smallest absolute Gasteiger partial charge is 0.0950 e. The van der Waals surface area contributed by atoms with Crippen LogP contribution in [0.1, 0.15) is 0 Å². The Morgan fingerprint density at radius 1 is 1.00 bits per heavy atom. The Morgan fingerprint density at radius 2 is 1.60 bits per heavy atom. The zero-order valence-corrected chi connectivity index (χ0v) is 9.37. The second-order valence-electron chi connectivity index (χ2n) is 3.75. The summed E-state index contributed by atoms with van der Waals surface area (Å²) >= 11 is 1.86. The quantitative estimate of drug-likeness (QED) is 0.561. The molecule has 0 atom stereocenters. The van der Waals surface area contributed by atoms with E-state index in [1.165, 1.54) is 11.4 Å². The van der Waals surface area contributed by atoms with Crippen LogP contribution in [0.25, 0.3) is 0 Å². The molecule has 0 bridgehead atoms. The van der Waals surface area contributed by atoms with E-state index in [0.29, 0.717) is 0 Å². The third-order valence-corrected chi connectivity index (χ3v) is 3.50. The van der Waals surface area contributed by atoms with Crippen molar-refractivity contribution in [2.45, 2.75) is 0 Å². The van der Waals surface area contributed by atoms with E-state index in [4.69, 9.17) is 4.74 Å². The van der Waals surface area contributed by atoms with E-state index in [-0.39, 0.29) is 0 Å². The summed E-state index contributed by atoms with van der Waals surface area (Å²) in [6.45, 7) is 3.73. The summed E-state index contributed by atoms with van der Waals surface area (Å²) in [5.74, 6) is 1.14. The first-order chi connectivity index (χ1) is 7.43. The van der Waals surface area contributed by atoms with Crippen molar-refractivity contribution in [3.05, 3.63) is 24.3 Å². The Morgan fingerprint density at radius 3 is 2.20 bits per heavy atom. The first-order valence-corrected chi connectivity index (χ1v) is 6.21. The molecular weight excluding hydrogens is 208 g/mol. The molecule has 3 nitrogen and oxygen atoms in total. The zero-order valence-electron chi connectivity index (χ0n) is 8.56. The normalized spacial score (nSPS) is 20.5. The Balaban J connectivity index is 1.73. The van der Waals surface area contributed by atoms with Gasteiger partial charge in [-0.3, -0.25) is 0 Å². The molecule has 0 N–H and O–H groups in total. The van der Waals surface area contributed by atoms with E-state index in [1.807, 2.05) is 11.9 Å². The van der Waals surface area contributed by atoms with Crippen LogP contribution in [-0.4, -0.2) is 32.2 Å². The summed E-state index contributed by atoms with van der Waals surface area (Å²) in [7, 11) is 0. The largest absolute Gasteiger partial charge is 0.378 e. The minimum absolute atomic E-state index is 0.851. The third kappa shape index (κ3) is 2.06. The molecule has 0 spiro atoms. The Labute approximate surface area is 94.1 Å². The van der Waals surface area contributed by atoms with Crippen LogP contribution in [-0.2, 0) is 4.74 Å². The molecule has 0 aromatic heterocycles. The predicted octanol–water partition coefficient (Wildman–Crippen LogP) is 1.95. The fourth-order valence-electron chi connectivity index (χ4n) is 1.83. The van der Waals surface area contributed by atoms with Gasteiger partial charge < -0.3 is 13.9 Å². The fraction of sp³-hybridized carbons (Fsp3) is 0.455. The second-order valence-corrected chi connectivity index (χ2v) is 4.71. The van der Waals surface area contributed by atoms with Gasteiger partial charge in [-0.2, -0.15) is 0 Å². The first kappa shape index (κ1) is 9.36. The number of morpholine rings is 1. The lowest BCUT2D eigenvalue weighted by Gasteiger charge is -2.28. The summed E-state index contributed by atoms with van der Waals surface area (Å²) < 4.78 is 7.62. The van der Waals surface area contributed by atoms with Gasteiger partial charge in [-0.25, -0.2) is 0 Å². The number of rotatable bonds is 2. The lowest BCUT2D eigenvalue weighted by molar-refractivity contribution is 0.122. The Hall–Kier alpha value is -0.870. The van der Waals surface area contributed by atoms with Crippen molar-refractivity contribution in [3.8, 4) is 0 Å². The van der Waals surface area contributed by atoms with Gasteiger partial charge in [-0.15, -0.1) is 0 Å². The van der Waals surface area contributed by atoms with E-state index < -0.39 is 0 Å². The van der Waals surface area contributed by atoms with Crippen molar-refractivity contribution in [3.63, 3.8) is 0 Å². The third-order valence-electron chi connectivity index (χ3n) is 2.77. The monoisotopic (exact) mass is 222 g/mol. The van der Waals surface area contributed by atoms with Crippen molar-refractivity contribution in [1.29, 1.82) is 0 Å². The van der Waals surface area contributed by atoms with Crippen LogP contribution in [0.5, 0.6) is 0 Å². The number of anilines is 2. The van der Waals surface area contributed by atoms with Crippen molar-refractivity contribution < 1.29 is 4.74 Å². The van der Waals surface area contributed by atoms with E-state index in [9.17, 15) is 0 Å². The van der Waals surface area contributed by atoms with Gasteiger partial charge >= 0.3 is 0 Å². The molecule has 0 unspecified atom stereocenters. The minimum Gasteiger partial charge on any atom is -0.378 e. The predicted molar refractivity (Wildman–Crippen MR) is 64.4 cm³/mol. The maximum Gasteiger partial charge on any atom is 0.0950 e. The lowest BCUT2D eigenvalue weighted by Crippen LogP contribution is -2.36. The molecule has 80 valence electrons. The molecule has 2 heterocycles. The summed E-state index contributed by atoms with van der Waals surface area (Å²) in [6.07, 6.45) is 0. The maximum atomic E-state index is 5.34. The van der Waals surface area contributed by atoms with Gasteiger partial charge in [0.2, 0.25) is 0 Å². The average Bonchev–Trinajstić information content (AvgIpc) is 3.15.